The molecule has 10 nitrogen and oxygen atoms in total. The van der Waals surface area contributed by atoms with E-state index in [4.69, 9.17) is 5.73 Å². The second kappa shape index (κ2) is 10.0. The molecular weight excluding hydrogens is 540 g/mol. The molecule has 1 heterocycles. The molecule has 1 aliphatic heterocycles. The van der Waals surface area contributed by atoms with Gasteiger partial charge in [0.2, 0.25) is 5.78 Å². The molecule has 1 saturated heterocycles. The smallest absolute Gasteiger partial charge is 0.255 e. The maximum Gasteiger partial charge on any atom is 0.255 e. The number of Topliss-reactive ketones (excluding diaryl/α,β-unsaturated/α-hetero) is 2. The van der Waals surface area contributed by atoms with Crippen LogP contribution in [0.3, 0.4) is 0 Å². The molecule has 6 N–H and O–H groups in total. The van der Waals surface area contributed by atoms with E-state index < -0.39 is 64.0 Å². The average molecular weight is 574 g/mol. The SMILES string of the molecule is CN(C)[C@@H]1C(=O)C(C(N)=O)=C(O)[C@@]2(O)C(=O)C3=C(O)c4c(O)ccc(/C=C/CN5CCC(F)(F)CC5)c4C[C@H]3C[C@@H]12. The molecule has 1 aromatic carbocycles. The van der Waals surface area contributed by atoms with Crippen molar-refractivity contribution < 1.29 is 43.6 Å². The molecule has 4 aliphatic rings. The molecule has 0 radical (unpaired) electrons. The minimum Gasteiger partial charge on any atom is -0.508 e. The number of aliphatic hydroxyl groups is 3. The summed E-state index contributed by atoms with van der Waals surface area (Å²) in [5.41, 5.74) is 2.75. The Labute approximate surface area is 235 Å². The summed E-state index contributed by atoms with van der Waals surface area (Å²) in [6.07, 6.45) is 3.33. The largest absolute Gasteiger partial charge is 0.508 e. The van der Waals surface area contributed by atoms with Crippen LogP contribution < -0.4 is 5.73 Å². The van der Waals surface area contributed by atoms with E-state index in [1.54, 1.807) is 12.1 Å². The van der Waals surface area contributed by atoms with Gasteiger partial charge in [0.1, 0.15) is 22.8 Å². The number of hydrogen-bond acceptors (Lipinski definition) is 9. The summed E-state index contributed by atoms with van der Waals surface area (Å²) in [5.74, 6) is -9.66. The highest BCUT2D eigenvalue weighted by molar-refractivity contribution is 6.24. The normalized spacial score (nSPS) is 30.0. The van der Waals surface area contributed by atoms with Crippen LogP contribution in [0, 0.1) is 11.8 Å². The number of fused-ring (bicyclic) bond motifs is 3. The fourth-order valence-electron chi connectivity index (χ4n) is 6.82. The van der Waals surface area contributed by atoms with Crippen LogP contribution in [0.1, 0.15) is 36.0 Å². The molecule has 2 fully saturated rings. The Bertz CT molecular complexity index is 1420. The van der Waals surface area contributed by atoms with E-state index in [0.717, 1.165) is 0 Å². The van der Waals surface area contributed by atoms with E-state index in [9.17, 15) is 43.6 Å². The lowest BCUT2D eigenvalue weighted by molar-refractivity contribution is -0.153. The summed E-state index contributed by atoms with van der Waals surface area (Å²) < 4.78 is 27.0. The van der Waals surface area contributed by atoms with Gasteiger partial charge < -0.3 is 26.2 Å². The van der Waals surface area contributed by atoms with Gasteiger partial charge >= 0.3 is 0 Å². The zero-order valence-corrected chi connectivity index (χ0v) is 22.7. The number of phenolic OH excluding ortho intramolecular Hbond substituents is 1. The van der Waals surface area contributed by atoms with Crippen molar-refractivity contribution in [2.45, 2.75) is 43.2 Å². The number of piperidine rings is 1. The number of primary amides is 1. The first-order valence-corrected chi connectivity index (χ1v) is 13.5. The number of amides is 1. The summed E-state index contributed by atoms with van der Waals surface area (Å²) in [6.45, 7) is 0.948. The number of ketones is 2. The molecule has 12 heteroatoms. The maximum atomic E-state index is 13.9. The average Bonchev–Trinajstić information content (AvgIpc) is 2.88. The van der Waals surface area contributed by atoms with Gasteiger partial charge in [-0.05, 0) is 50.0 Å². The summed E-state index contributed by atoms with van der Waals surface area (Å²) >= 11 is 0. The molecule has 4 atom stereocenters. The third-order valence-electron chi connectivity index (χ3n) is 8.89. The minimum absolute atomic E-state index is 0.000976. The topological polar surface area (TPSA) is 165 Å². The Kier molecular flexibility index (Phi) is 7.07. The van der Waals surface area contributed by atoms with Crippen LogP contribution in [0.2, 0.25) is 0 Å². The zero-order chi connectivity index (χ0) is 30.0. The van der Waals surface area contributed by atoms with Gasteiger partial charge in [-0.15, -0.1) is 0 Å². The highest BCUT2D eigenvalue weighted by Crippen LogP contribution is 2.53. The fraction of sp³-hybridized carbons (Fsp3) is 0.483. The summed E-state index contributed by atoms with van der Waals surface area (Å²) in [7, 11) is 3.08. The molecule has 0 spiro atoms. The predicted octanol–water partition coefficient (Wildman–Crippen LogP) is 1.71. The zero-order valence-electron chi connectivity index (χ0n) is 22.7. The van der Waals surface area contributed by atoms with Crippen LogP contribution in [-0.4, -0.2) is 99.0 Å². The Balaban J connectivity index is 1.54. The van der Waals surface area contributed by atoms with Gasteiger partial charge in [0.05, 0.1) is 11.6 Å². The van der Waals surface area contributed by atoms with Gasteiger partial charge in [-0.2, -0.15) is 0 Å². The van der Waals surface area contributed by atoms with Crippen LogP contribution in [0.4, 0.5) is 8.78 Å². The standard InChI is InChI=1S/C29H33F2N3O7/c1-33(2)22-17-13-15-12-16-14(4-3-9-34-10-7-28(30,31)8-11-34)5-6-18(35)20(16)23(36)19(15)25(38)29(17,41)26(39)21(24(22)37)27(32)40/h3-6,15,17,22,35-36,39,41H,7-13H2,1-2H3,(H2,32,40)/b4-3+/t15-,17-,22-,29-/m0/s1. The van der Waals surface area contributed by atoms with Crippen molar-refractivity contribution in [3.8, 4) is 5.75 Å². The fourth-order valence-corrected chi connectivity index (χ4v) is 6.82. The maximum absolute atomic E-state index is 13.9. The van der Waals surface area contributed by atoms with Gasteiger partial charge in [0.15, 0.2) is 11.4 Å². The number of aromatic hydroxyl groups is 1. The Hall–Kier alpha value is -3.61. The lowest BCUT2D eigenvalue weighted by Crippen LogP contribution is -2.65. The van der Waals surface area contributed by atoms with Crippen LogP contribution >= 0.6 is 0 Å². The van der Waals surface area contributed by atoms with Crippen molar-refractivity contribution in [3.05, 3.63) is 51.8 Å². The Morgan fingerprint density at radius 1 is 1.17 bits per heavy atom. The lowest BCUT2D eigenvalue weighted by Gasteiger charge is -2.50. The predicted molar refractivity (Wildman–Crippen MR) is 144 cm³/mol. The lowest BCUT2D eigenvalue weighted by atomic mass is 9.57. The highest BCUT2D eigenvalue weighted by atomic mass is 19.3. The molecule has 220 valence electrons. The molecule has 0 aromatic heterocycles. The van der Waals surface area contributed by atoms with E-state index in [-0.39, 0.29) is 55.7 Å². The number of phenols is 1. The van der Waals surface area contributed by atoms with E-state index >= 15 is 0 Å². The summed E-state index contributed by atoms with van der Waals surface area (Å²) in [4.78, 5) is 42.5. The number of aliphatic hydroxyl groups excluding tert-OH is 2. The first kappa shape index (κ1) is 28.9. The highest BCUT2D eigenvalue weighted by Gasteiger charge is 2.64. The van der Waals surface area contributed by atoms with Gasteiger partial charge in [-0.25, -0.2) is 8.78 Å². The molecule has 41 heavy (non-hydrogen) atoms. The quantitative estimate of drug-likeness (QED) is 0.330. The molecule has 1 aromatic rings. The van der Waals surface area contributed by atoms with Crippen LogP contribution in [0.25, 0.3) is 11.8 Å². The summed E-state index contributed by atoms with van der Waals surface area (Å²) in [5, 5.41) is 44.6. The van der Waals surface area contributed by atoms with Crippen molar-refractivity contribution in [2.75, 3.05) is 33.7 Å². The number of likely N-dealkylation sites (N-methyl/N-ethyl adjacent to an activating group) is 1. The number of halogens is 2. The first-order chi connectivity index (χ1) is 19.2. The second-order valence-corrected chi connectivity index (χ2v) is 11.5. The third kappa shape index (κ3) is 4.54. The molecule has 5 rings (SSSR count). The number of nitrogens with two attached hydrogens (primary N) is 1. The Morgan fingerprint density at radius 2 is 1.83 bits per heavy atom. The van der Waals surface area contributed by atoms with E-state index in [2.05, 4.69) is 0 Å². The van der Waals surface area contributed by atoms with Gasteiger partial charge in [0, 0.05) is 44.0 Å². The number of benzene rings is 1. The molecule has 0 unspecified atom stereocenters. The van der Waals surface area contributed by atoms with Gasteiger partial charge in [-0.1, -0.05) is 18.2 Å². The van der Waals surface area contributed by atoms with Crippen LogP contribution in [-0.2, 0) is 20.8 Å². The molecule has 0 bridgehead atoms. The number of hydrogen-bond donors (Lipinski definition) is 5. The monoisotopic (exact) mass is 573 g/mol. The van der Waals surface area contributed by atoms with E-state index in [1.807, 2.05) is 11.0 Å². The van der Waals surface area contributed by atoms with Crippen molar-refractivity contribution in [1.82, 2.24) is 9.80 Å². The molecule has 1 amide bonds. The number of alkyl halides is 2. The van der Waals surface area contributed by atoms with E-state index in [0.29, 0.717) is 17.7 Å². The number of carbonyl (C=O) groups excluding carboxylic acids is 3. The second-order valence-electron chi connectivity index (χ2n) is 11.5. The van der Waals surface area contributed by atoms with Gasteiger partial charge in [-0.3, -0.25) is 24.2 Å². The van der Waals surface area contributed by atoms with Crippen LogP contribution in [0.15, 0.2) is 35.1 Å². The van der Waals surface area contributed by atoms with Crippen LogP contribution in [0.5, 0.6) is 5.75 Å². The van der Waals surface area contributed by atoms with E-state index in [1.165, 1.54) is 25.1 Å². The number of nitrogens with zero attached hydrogens (tertiary/aromatic N) is 2. The number of likely N-dealkylation sites (tertiary alicyclic amines) is 1. The Morgan fingerprint density at radius 3 is 2.44 bits per heavy atom. The third-order valence-corrected chi connectivity index (χ3v) is 8.89. The first-order valence-electron chi connectivity index (χ1n) is 13.5. The van der Waals surface area contributed by atoms with Gasteiger partial charge in [0.25, 0.3) is 11.8 Å². The van der Waals surface area contributed by atoms with Crippen molar-refractivity contribution in [3.63, 3.8) is 0 Å². The molecular formula is C29H33F2N3O7. The molecule has 1 saturated carbocycles. The summed E-state index contributed by atoms with van der Waals surface area (Å²) in [6, 6.07) is 1.84. The molecule has 3 aliphatic carbocycles. The minimum atomic E-state index is -2.69. The number of rotatable bonds is 5. The van der Waals surface area contributed by atoms with Crippen molar-refractivity contribution in [2.24, 2.45) is 17.6 Å². The number of carbonyl (C=O) groups is 3. The van der Waals surface area contributed by atoms with Crippen molar-refractivity contribution in [1.29, 1.82) is 0 Å². The van der Waals surface area contributed by atoms with Crippen molar-refractivity contribution >= 4 is 29.3 Å².